The van der Waals surface area contributed by atoms with Crippen LogP contribution in [-0.2, 0) is 6.18 Å². The Bertz CT molecular complexity index is 243. The van der Waals surface area contributed by atoms with E-state index in [0.29, 0.717) is 5.69 Å². The maximum atomic E-state index is 11.9. The second-order valence-corrected chi connectivity index (χ2v) is 2.12. The Hall–Kier alpha value is -1.19. The highest BCUT2D eigenvalue weighted by Crippen LogP contribution is 2.29. The Balaban J connectivity index is 0. The summed E-state index contributed by atoms with van der Waals surface area (Å²) in [4.78, 5) is 0. The molecule has 0 spiro atoms. The van der Waals surface area contributed by atoms with Crippen molar-refractivity contribution in [3.63, 3.8) is 0 Å². The summed E-state index contributed by atoms with van der Waals surface area (Å²) in [5, 5.41) is 0. The van der Waals surface area contributed by atoms with Gasteiger partial charge in [-0.2, -0.15) is 13.2 Å². The van der Waals surface area contributed by atoms with Crippen LogP contribution < -0.4 is 5.73 Å². The molecule has 0 bridgehead atoms. The Kier molecular flexibility index (Phi) is 4.31. The molecule has 1 rings (SSSR count). The SMILES string of the molecule is CC.Nc1ccc(C(F)(F)F)cc1.[HH]. The third kappa shape index (κ3) is 3.83. The molecule has 0 unspecified atom stereocenters. The van der Waals surface area contributed by atoms with Crippen LogP contribution in [0, 0.1) is 0 Å². The van der Waals surface area contributed by atoms with Crippen LogP contribution in [0.3, 0.4) is 0 Å². The summed E-state index contributed by atoms with van der Waals surface area (Å²) < 4.78 is 35.6. The topological polar surface area (TPSA) is 26.0 Å². The number of rotatable bonds is 0. The molecule has 0 atom stereocenters. The molecular formula is C9H14F3N. The van der Waals surface area contributed by atoms with E-state index in [2.05, 4.69) is 0 Å². The van der Waals surface area contributed by atoms with Gasteiger partial charge in [0.05, 0.1) is 5.56 Å². The molecule has 0 radical (unpaired) electrons. The van der Waals surface area contributed by atoms with Gasteiger partial charge in [0.25, 0.3) is 0 Å². The zero-order valence-corrected chi connectivity index (χ0v) is 7.52. The molecule has 0 aromatic heterocycles. The molecule has 1 aromatic rings. The number of anilines is 1. The summed E-state index contributed by atoms with van der Waals surface area (Å²) in [6, 6.07) is 4.36. The van der Waals surface area contributed by atoms with Gasteiger partial charge in [-0.05, 0) is 24.3 Å². The number of alkyl halides is 3. The van der Waals surface area contributed by atoms with Crippen molar-refractivity contribution in [2.45, 2.75) is 20.0 Å². The maximum absolute atomic E-state index is 11.9. The number of nitrogens with two attached hydrogens (primary N) is 1. The van der Waals surface area contributed by atoms with E-state index in [-0.39, 0.29) is 1.43 Å². The molecule has 13 heavy (non-hydrogen) atoms. The Morgan fingerprint density at radius 1 is 1.08 bits per heavy atom. The van der Waals surface area contributed by atoms with Crippen LogP contribution in [0.4, 0.5) is 18.9 Å². The molecule has 0 saturated carbocycles. The summed E-state index contributed by atoms with van der Waals surface area (Å²) in [6.45, 7) is 4.00. The van der Waals surface area contributed by atoms with Crippen molar-refractivity contribution in [3.05, 3.63) is 29.8 Å². The Morgan fingerprint density at radius 2 is 1.46 bits per heavy atom. The minimum absolute atomic E-state index is 0. The van der Waals surface area contributed by atoms with Crippen LogP contribution in [-0.4, -0.2) is 0 Å². The first kappa shape index (κ1) is 11.8. The Morgan fingerprint density at radius 3 is 1.77 bits per heavy atom. The lowest BCUT2D eigenvalue weighted by molar-refractivity contribution is -0.137. The van der Waals surface area contributed by atoms with E-state index >= 15 is 0 Å². The molecule has 2 N–H and O–H groups in total. The van der Waals surface area contributed by atoms with Crippen LogP contribution in [0.25, 0.3) is 0 Å². The van der Waals surface area contributed by atoms with Crippen molar-refractivity contribution in [3.8, 4) is 0 Å². The maximum Gasteiger partial charge on any atom is 0.416 e. The highest BCUT2D eigenvalue weighted by atomic mass is 19.4. The van der Waals surface area contributed by atoms with Crippen LogP contribution in [0.15, 0.2) is 24.3 Å². The van der Waals surface area contributed by atoms with E-state index < -0.39 is 11.7 Å². The normalized spacial score (nSPS) is 10.2. The lowest BCUT2D eigenvalue weighted by atomic mass is 10.2. The first-order chi connectivity index (χ1) is 6.00. The molecule has 0 amide bonds. The first-order valence-electron chi connectivity index (χ1n) is 3.93. The standard InChI is InChI=1S/C7H6F3N.C2H6.H2/c8-7(9,10)5-1-3-6(11)4-2-5;1-2;/h1-4H,11H2;1-2H3;1H. The van der Waals surface area contributed by atoms with Crippen molar-refractivity contribution >= 4 is 5.69 Å². The van der Waals surface area contributed by atoms with E-state index in [4.69, 9.17) is 5.73 Å². The van der Waals surface area contributed by atoms with Gasteiger partial charge in [-0.3, -0.25) is 0 Å². The zero-order chi connectivity index (χ0) is 10.5. The fraction of sp³-hybridized carbons (Fsp3) is 0.333. The van der Waals surface area contributed by atoms with E-state index in [1.807, 2.05) is 13.8 Å². The van der Waals surface area contributed by atoms with Gasteiger partial charge in [-0.1, -0.05) is 13.8 Å². The van der Waals surface area contributed by atoms with Gasteiger partial charge < -0.3 is 5.73 Å². The average molecular weight is 193 g/mol. The van der Waals surface area contributed by atoms with Gasteiger partial charge in [0.2, 0.25) is 0 Å². The van der Waals surface area contributed by atoms with Gasteiger partial charge in [-0.15, -0.1) is 0 Å². The molecule has 1 aromatic carbocycles. The third-order valence-electron chi connectivity index (χ3n) is 1.24. The lowest BCUT2D eigenvalue weighted by Crippen LogP contribution is -2.04. The molecule has 1 nitrogen and oxygen atoms in total. The van der Waals surface area contributed by atoms with Gasteiger partial charge >= 0.3 is 6.18 Å². The highest BCUT2D eigenvalue weighted by molar-refractivity contribution is 5.39. The average Bonchev–Trinajstić information content (AvgIpc) is 2.07. The summed E-state index contributed by atoms with van der Waals surface area (Å²) in [7, 11) is 0. The molecular weight excluding hydrogens is 179 g/mol. The second-order valence-electron chi connectivity index (χ2n) is 2.12. The summed E-state index contributed by atoms with van der Waals surface area (Å²) in [6.07, 6.45) is -4.27. The molecule has 4 heteroatoms. The molecule has 0 fully saturated rings. The smallest absolute Gasteiger partial charge is 0.399 e. The van der Waals surface area contributed by atoms with Crippen LogP contribution in [0.5, 0.6) is 0 Å². The number of benzene rings is 1. The minimum atomic E-state index is -4.27. The van der Waals surface area contributed by atoms with Crippen LogP contribution in [0.1, 0.15) is 20.8 Å². The number of halogens is 3. The van der Waals surface area contributed by atoms with Crippen molar-refractivity contribution in [2.24, 2.45) is 0 Å². The summed E-state index contributed by atoms with van der Waals surface area (Å²) >= 11 is 0. The number of nitrogen functional groups attached to an aromatic ring is 1. The zero-order valence-electron chi connectivity index (χ0n) is 7.52. The first-order valence-corrected chi connectivity index (χ1v) is 3.93. The minimum Gasteiger partial charge on any atom is -0.399 e. The van der Waals surface area contributed by atoms with Crippen molar-refractivity contribution in [1.82, 2.24) is 0 Å². The third-order valence-corrected chi connectivity index (χ3v) is 1.24. The van der Waals surface area contributed by atoms with Crippen molar-refractivity contribution < 1.29 is 14.6 Å². The van der Waals surface area contributed by atoms with Crippen LogP contribution in [0.2, 0.25) is 0 Å². The highest BCUT2D eigenvalue weighted by Gasteiger charge is 2.29. The van der Waals surface area contributed by atoms with Crippen molar-refractivity contribution in [2.75, 3.05) is 5.73 Å². The fourth-order valence-electron chi connectivity index (χ4n) is 0.672. The molecule has 76 valence electrons. The molecule has 0 aliphatic carbocycles. The lowest BCUT2D eigenvalue weighted by Gasteiger charge is -2.05. The molecule has 0 heterocycles. The second kappa shape index (κ2) is 4.74. The summed E-state index contributed by atoms with van der Waals surface area (Å²) in [5.41, 5.74) is 4.86. The van der Waals surface area contributed by atoms with E-state index in [0.717, 1.165) is 12.1 Å². The van der Waals surface area contributed by atoms with E-state index in [9.17, 15) is 13.2 Å². The number of hydrogen-bond donors (Lipinski definition) is 1. The predicted octanol–water partition coefficient (Wildman–Crippen LogP) is 3.56. The Labute approximate surface area is 76.9 Å². The van der Waals surface area contributed by atoms with Gasteiger partial charge in [-0.25, -0.2) is 0 Å². The fourth-order valence-corrected chi connectivity index (χ4v) is 0.672. The number of hydrogen-bond acceptors (Lipinski definition) is 1. The van der Waals surface area contributed by atoms with Gasteiger partial charge in [0, 0.05) is 7.11 Å². The largest absolute Gasteiger partial charge is 0.416 e. The predicted molar refractivity (Wildman–Crippen MR) is 49.3 cm³/mol. The molecule has 0 aliphatic heterocycles. The van der Waals surface area contributed by atoms with Crippen molar-refractivity contribution in [1.29, 1.82) is 0 Å². The van der Waals surface area contributed by atoms with E-state index in [1.165, 1.54) is 12.1 Å². The monoisotopic (exact) mass is 193 g/mol. The summed E-state index contributed by atoms with van der Waals surface area (Å²) in [5.74, 6) is 0. The van der Waals surface area contributed by atoms with Gasteiger partial charge in [0.1, 0.15) is 0 Å². The molecule has 0 saturated heterocycles. The van der Waals surface area contributed by atoms with Crippen LogP contribution >= 0.6 is 0 Å². The quantitative estimate of drug-likeness (QED) is 0.626. The van der Waals surface area contributed by atoms with Gasteiger partial charge in [0.15, 0.2) is 0 Å². The van der Waals surface area contributed by atoms with E-state index in [1.54, 1.807) is 0 Å². The molecule has 0 aliphatic rings.